The third-order valence-electron chi connectivity index (χ3n) is 5.39. The van der Waals surface area contributed by atoms with Crippen molar-refractivity contribution < 1.29 is 23.8 Å². The quantitative estimate of drug-likeness (QED) is 0.834. The van der Waals surface area contributed by atoms with E-state index in [-0.39, 0.29) is 23.9 Å². The van der Waals surface area contributed by atoms with Crippen LogP contribution in [0.2, 0.25) is 0 Å². The third kappa shape index (κ3) is 4.07. The molecule has 1 saturated carbocycles. The van der Waals surface area contributed by atoms with Crippen molar-refractivity contribution in [2.24, 2.45) is 5.92 Å². The normalized spacial score (nSPS) is 33.8. The highest BCUT2D eigenvalue weighted by Gasteiger charge is 2.50. The Morgan fingerprint density at radius 3 is 2.50 bits per heavy atom. The summed E-state index contributed by atoms with van der Waals surface area (Å²) in [5, 5.41) is 2.86. The predicted molar refractivity (Wildman–Crippen MR) is 95.4 cm³/mol. The molecule has 1 N–H and O–H groups in total. The lowest BCUT2D eigenvalue weighted by Crippen LogP contribution is -2.63. The lowest BCUT2D eigenvalue weighted by atomic mass is 9.71. The van der Waals surface area contributed by atoms with Crippen molar-refractivity contribution in [3.63, 3.8) is 0 Å². The minimum Gasteiger partial charge on any atom is -0.460 e. The largest absolute Gasteiger partial charge is 0.460 e. The zero-order valence-electron chi connectivity index (χ0n) is 15.5. The van der Waals surface area contributed by atoms with Crippen LogP contribution in [0.4, 0.5) is 0 Å². The van der Waals surface area contributed by atoms with Crippen LogP contribution in [-0.4, -0.2) is 43.5 Å². The summed E-state index contributed by atoms with van der Waals surface area (Å²) in [4.78, 5) is 23.4. The van der Waals surface area contributed by atoms with Crippen molar-refractivity contribution in [3.05, 3.63) is 35.9 Å². The van der Waals surface area contributed by atoms with Crippen molar-refractivity contribution in [3.8, 4) is 0 Å². The topological polar surface area (TPSA) is 73.9 Å². The summed E-state index contributed by atoms with van der Waals surface area (Å²) < 4.78 is 17.2. The molecule has 1 heterocycles. The molecule has 0 unspecified atom stereocenters. The van der Waals surface area contributed by atoms with Crippen LogP contribution in [0.15, 0.2) is 30.3 Å². The number of carbonyl (C=O) groups excluding carboxylic acids is 2. The van der Waals surface area contributed by atoms with E-state index in [4.69, 9.17) is 14.2 Å². The molecule has 26 heavy (non-hydrogen) atoms. The molecule has 1 aromatic carbocycles. The number of carbonyl (C=O) groups is 2. The molecule has 6 nitrogen and oxygen atoms in total. The van der Waals surface area contributed by atoms with Gasteiger partial charge < -0.3 is 19.5 Å². The molecule has 1 aliphatic heterocycles. The molecule has 1 aromatic rings. The SMILES string of the molecule is CO[C@H]1O[C@H]2CC[C@@H](c3ccccc3)C[C@H]2[C@H](OC(C)=O)[C@@H]1NC(C)=O. The number of hydrogen-bond acceptors (Lipinski definition) is 5. The second kappa shape index (κ2) is 8.18. The van der Waals surface area contributed by atoms with Gasteiger partial charge in [-0.1, -0.05) is 30.3 Å². The van der Waals surface area contributed by atoms with Crippen molar-refractivity contribution in [1.82, 2.24) is 5.32 Å². The molecule has 1 saturated heterocycles. The van der Waals surface area contributed by atoms with Crippen LogP contribution in [0, 0.1) is 5.92 Å². The number of fused-ring (bicyclic) bond motifs is 1. The van der Waals surface area contributed by atoms with Crippen LogP contribution in [-0.2, 0) is 23.8 Å². The summed E-state index contributed by atoms with van der Waals surface area (Å²) in [7, 11) is 1.54. The van der Waals surface area contributed by atoms with Gasteiger partial charge in [0.1, 0.15) is 12.1 Å². The van der Waals surface area contributed by atoms with Crippen LogP contribution in [0.3, 0.4) is 0 Å². The lowest BCUT2D eigenvalue weighted by Gasteiger charge is -2.49. The second-order valence-corrected chi connectivity index (χ2v) is 7.16. The van der Waals surface area contributed by atoms with Gasteiger partial charge in [-0.15, -0.1) is 0 Å². The van der Waals surface area contributed by atoms with E-state index in [1.807, 2.05) is 18.2 Å². The maximum Gasteiger partial charge on any atom is 0.302 e. The Kier molecular flexibility index (Phi) is 5.94. The summed E-state index contributed by atoms with van der Waals surface area (Å²) in [6, 6.07) is 9.86. The zero-order chi connectivity index (χ0) is 18.7. The predicted octanol–water partition coefficient (Wildman–Crippen LogP) is 2.38. The maximum atomic E-state index is 11.7. The number of benzene rings is 1. The van der Waals surface area contributed by atoms with Gasteiger partial charge in [0, 0.05) is 26.9 Å². The van der Waals surface area contributed by atoms with E-state index >= 15 is 0 Å². The molecule has 6 atom stereocenters. The molecule has 1 aliphatic carbocycles. The first-order valence-corrected chi connectivity index (χ1v) is 9.17. The van der Waals surface area contributed by atoms with E-state index in [1.165, 1.54) is 19.4 Å². The fourth-order valence-corrected chi connectivity index (χ4v) is 4.34. The number of methoxy groups -OCH3 is 1. The first-order chi connectivity index (χ1) is 12.5. The molecule has 0 radical (unpaired) electrons. The average molecular weight is 361 g/mol. The van der Waals surface area contributed by atoms with Gasteiger partial charge in [0.05, 0.1) is 6.10 Å². The highest BCUT2D eigenvalue weighted by molar-refractivity contribution is 5.73. The molecule has 3 rings (SSSR count). The van der Waals surface area contributed by atoms with Crippen LogP contribution < -0.4 is 5.32 Å². The van der Waals surface area contributed by atoms with E-state index in [0.29, 0.717) is 5.92 Å². The Balaban J connectivity index is 1.86. The summed E-state index contributed by atoms with van der Waals surface area (Å²) in [6.07, 6.45) is 1.59. The highest BCUT2D eigenvalue weighted by Crippen LogP contribution is 2.44. The van der Waals surface area contributed by atoms with Gasteiger partial charge in [-0.25, -0.2) is 0 Å². The molecule has 0 aromatic heterocycles. The van der Waals surface area contributed by atoms with Gasteiger partial charge in [0.2, 0.25) is 5.91 Å². The number of esters is 1. The molecule has 2 fully saturated rings. The van der Waals surface area contributed by atoms with Gasteiger partial charge in [-0.3, -0.25) is 9.59 Å². The Bertz CT molecular complexity index is 634. The molecule has 6 heteroatoms. The number of ether oxygens (including phenoxy) is 3. The van der Waals surface area contributed by atoms with E-state index in [2.05, 4.69) is 17.4 Å². The first kappa shape index (κ1) is 18.9. The fraction of sp³-hybridized carbons (Fsp3) is 0.600. The molecule has 2 aliphatic rings. The van der Waals surface area contributed by atoms with Crippen molar-refractivity contribution in [2.45, 2.75) is 63.6 Å². The Morgan fingerprint density at radius 1 is 1.15 bits per heavy atom. The Labute approximate surface area is 154 Å². The van der Waals surface area contributed by atoms with Crippen LogP contribution >= 0.6 is 0 Å². The molecule has 0 spiro atoms. The van der Waals surface area contributed by atoms with Crippen molar-refractivity contribution >= 4 is 11.9 Å². The van der Waals surface area contributed by atoms with Crippen molar-refractivity contribution in [2.75, 3.05) is 7.11 Å². The summed E-state index contributed by atoms with van der Waals surface area (Å²) in [6.45, 7) is 2.84. The first-order valence-electron chi connectivity index (χ1n) is 9.17. The smallest absolute Gasteiger partial charge is 0.302 e. The number of nitrogens with one attached hydrogen (secondary N) is 1. The van der Waals surface area contributed by atoms with E-state index in [0.717, 1.165) is 19.3 Å². The second-order valence-electron chi connectivity index (χ2n) is 7.16. The van der Waals surface area contributed by atoms with Crippen molar-refractivity contribution in [1.29, 1.82) is 0 Å². The minimum atomic E-state index is -0.627. The molecule has 0 bridgehead atoms. The summed E-state index contributed by atoms with van der Waals surface area (Å²) >= 11 is 0. The van der Waals surface area contributed by atoms with E-state index in [9.17, 15) is 9.59 Å². The van der Waals surface area contributed by atoms with E-state index < -0.39 is 18.4 Å². The molecule has 1 amide bonds. The molecular formula is C20H27NO5. The number of hydrogen-bond donors (Lipinski definition) is 1. The lowest BCUT2D eigenvalue weighted by molar-refractivity contribution is -0.254. The number of rotatable bonds is 4. The van der Waals surface area contributed by atoms with Gasteiger partial charge >= 0.3 is 5.97 Å². The van der Waals surface area contributed by atoms with Crippen LogP contribution in [0.1, 0.15) is 44.6 Å². The number of amides is 1. The summed E-state index contributed by atoms with van der Waals surface area (Å²) in [5.41, 5.74) is 1.29. The average Bonchev–Trinajstić information content (AvgIpc) is 2.63. The molecule has 142 valence electrons. The fourth-order valence-electron chi connectivity index (χ4n) is 4.34. The minimum absolute atomic E-state index is 0.0149. The van der Waals surface area contributed by atoms with Gasteiger partial charge in [-0.2, -0.15) is 0 Å². The van der Waals surface area contributed by atoms with E-state index in [1.54, 1.807) is 7.11 Å². The van der Waals surface area contributed by atoms with Gasteiger partial charge in [0.15, 0.2) is 6.29 Å². The zero-order valence-corrected chi connectivity index (χ0v) is 15.5. The van der Waals surface area contributed by atoms with Gasteiger partial charge in [-0.05, 0) is 30.7 Å². The maximum absolute atomic E-state index is 11.7. The Morgan fingerprint density at radius 2 is 1.88 bits per heavy atom. The molecular weight excluding hydrogens is 334 g/mol. The monoisotopic (exact) mass is 361 g/mol. The highest BCUT2D eigenvalue weighted by atomic mass is 16.7. The standard InChI is InChI=1S/C20H27NO5/c1-12(22)21-18-19(25-13(2)23)16-11-15(14-7-5-4-6-8-14)9-10-17(16)26-20(18)24-3/h4-8,15-20H,9-11H2,1-3H3,(H,21,22)/t15-,16-,17+,18+,19+,20+/m1/s1. The van der Waals surface area contributed by atoms with Crippen LogP contribution in [0.25, 0.3) is 0 Å². The third-order valence-corrected chi connectivity index (χ3v) is 5.39. The van der Waals surface area contributed by atoms with Gasteiger partial charge in [0.25, 0.3) is 0 Å². The summed E-state index contributed by atoms with van der Waals surface area (Å²) in [5.74, 6) is -0.161. The van der Waals surface area contributed by atoms with Crippen LogP contribution in [0.5, 0.6) is 0 Å². The Hall–Kier alpha value is -1.92.